The Morgan fingerprint density at radius 1 is 1.05 bits per heavy atom. The molecule has 6 heteroatoms. The average Bonchev–Trinajstić information content (AvgIpc) is 2.89. The molecule has 0 unspecified atom stereocenters. The van der Waals surface area contributed by atoms with Gasteiger partial charge in [0.05, 0.1) is 10.6 Å². The predicted octanol–water partition coefficient (Wildman–Crippen LogP) is 4.75. The molecule has 110 valence electrons. The van der Waals surface area contributed by atoms with E-state index in [1.165, 1.54) is 12.1 Å². The largest absolute Gasteiger partial charge is 0.478 e. The number of carboxylic acids is 1. The molecule has 0 spiro atoms. The van der Waals surface area contributed by atoms with Gasteiger partial charge in [-0.05, 0) is 24.3 Å². The number of hydrogen-bond acceptors (Lipinski definition) is 2. The molecule has 0 aliphatic heterocycles. The highest BCUT2D eigenvalue weighted by molar-refractivity contribution is 6.34. The second-order valence-corrected chi connectivity index (χ2v) is 5.40. The summed E-state index contributed by atoms with van der Waals surface area (Å²) in [5.74, 6) is -0.413. The predicted molar refractivity (Wildman–Crippen MR) is 86.4 cm³/mol. The van der Waals surface area contributed by atoms with Crippen LogP contribution in [-0.2, 0) is 0 Å². The Balaban J connectivity index is 2.03. The third kappa shape index (κ3) is 2.71. The van der Waals surface area contributed by atoms with Crippen molar-refractivity contribution in [3.05, 3.63) is 64.3 Å². The molecule has 2 N–H and O–H groups in total. The first-order chi connectivity index (χ1) is 10.6. The van der Waals surface area contributed by atoms with E-state index in [9.17, 15) is 4.79 Å². The molecular weight excluding hydrogens is 323 g/mol. The van der Waals surface area contributed by atoms with E-state index in [0.29, 0.717) is 21.7 Å². The molecule has 3 aromatic rings. The zero-order chi connectivity index (χ0) is 15.7. The van der Waals surface area contributed by atoms with Gasteiger partial charge in [-0.15, -0.1) is 0 Å². The molecule has 0 atom stereocenters. The number of nitrogens with one attached hydrogen (secondary N) is 1. The van der Waals surface area contributed by atoms with Crippen molar-refractivity contribution >= 4 is 29.2 Å². The van der Waals surface area contributed by atoms with Crippen molar-refractivity contribution in [3.8, 4) is 22.6 Å². The fourth-order valence-corrected chi connectivity index (χ4v) is 2.56. The van der Waals surface area contributed by atoms with E-state index in [0.717, 1.165) is 11.1 Å². The Morgan fingerprint density at radius 2 is 1.73 bits per heavy atom. The quantitative estimate of drug-likeness (QED) is 0.727. The highest BCUT2D eigenvalue weighted by atomic mass is 35.5. The molecule has 0 saturated heterocycles. The van der Waals surface area contributed by atoms with E-state index in [1.54, 1.807) is 18.2 Å². The Bertz CT molecular complexity index is 842. The third-order valence-corrected chi connectivity index (χ3v) is 3.80. The number of imidazole rings is 1. The molecule has 4 nitrogen and oxygen atoms in total. The van der Waals surface area contributed by atoms with E-state index in [2.05, 4.69) is 9.97 Å². The van der Waals surface area contributed by atoms with Crippen molar-refractivity contribution in [3.63, 3.8) is 0 Å². The number of H-pyrrole nitrogens is 1. The van der Waals surface area contributed by atoms with Gasteiger partial charge in [0.2, 0.25) is 0 Å². The zero-order valence-electron chi connectivity index (χ0n) is 11.2. The summed E-state index contributed by atoms with van der Waals surface area (Å²) in [7, 11) is 0. The van der Waals surface area contributed by atoms with Crippen molar-refractivity contribution in [1.82, 2.24) is 9.97 Å². The summed E-state index contributed by atoms with van der Waals surface area (Å²) in [4.78, 5) is 18.3. The summed E-state index contributed by atoms with van der Waals surface area (Å²) in [5, 5.41) is 9.86. The van der Waals surface area contributed by atoms with Crippen LogP contribution in [0.2, 0.25) is 10.2 Å². The van der Waals surface area contributed by atoms with Crippen molar-refractivity contribution in [2.24, 2.45) is 0 Å². The minimum absolute atomic E-state index is 0.210. The number of rotatable bonds is 3. The second kappa shape index (κ2) is 5.83. The number of halogens is 2. The summed E-state index contributed by atoms with van der Waals surface area (Å²) in [5.41, 5.74) is 2.24. The van der Waals surface area contributed by atoms with Gasteiger partial charge in [-0.1, -0.05) is 47.5 Å². The molecule has 0 aliphatic rings. The summed E-state index contributed by atoms with van der Waals surface area (Å²) < 4.78 is 0. The fourth-order valence-electron chi connectivity index (χ4n) is 2.09. The fraction of sp³-hybridized carbons (Fsp3) is 0. The number of benzene rings is 2. The number of aromatic amines is 1. The second-order valence-electron chi connectivity index (χ2n) is 4.61. The van der Waals surface area contributed by atoms with Crippen molar-refractivity contribution in [1.29, 1.82) is 0 Å². The number of carbonyl (C=O) groups is 1. The molecule has 2 aromatic carbocycles. The van der Waals surface area contributed by atoms with Crippen LogP contribution in [0.15, 0.2) is 48.5 Å². The summed E-state index contributed by atoms with van der Waals surface area (Å²) in [6.07, 6.45) is 0. The number of aromatic nitrogens is 2. The van der Waals surface area contributed by atoms with Crippen LogP contribution in [0.4, 0.5) is 0 Å². The Labute approximate surface area is 136 Å². The minimum Gasteiger partial charge on any atom is -0.478 e. The first-order valence-corrected chi connectivity index (χ1v) is 7.16. The highest BCUT2D eigenvalue weighted by Gasteiger charge is 2.14. The van der Waals surface area contributed by atoms with Crippen LogP contribution in [-0.4, -0.2) is 21.0 Å². The van der Waals surface area contributed by atoms with E-state index in [4.69, 9.17) is 28.3 Å². The third-order valence-electron chi connectivity index (χ3n) is 3.19. The van der Waals surface area contributed by atoms with Gasteiger partial charge in [-0.2, -0.15) is 0 Å². The number of aromatic carboxylic acids is 1. The van der Waals surface area contributed by atoms with Gasteiger partial charge in [-0.25, -0.2) is 9.78 Å². The molecule has 1 heterocycles. The van der Waals surface area contributed by atoms with Gasteiger partial charge >= 0.3 is 5.97 Å². The maximum Gasteiger partial charge on any atom is 0.335 e. The van der Waals surface area contributed by atoms with Gasteiger partial charge in [0, 0.05) is 11.1 Å². The standard InChI is InChI=1S/C16H10Cl2N2O2/c17-12-4-2-1-3-11(12)15-19-13(14(18)20-15)9-5-7-10(8-6-9)16(21)22/h1-8H,(H,19,20)(H,21,22). The SMILES string of the molecule is O=C(O)c1ccc(-c2nc(-c3ccccc3Cl)[nH]c2Cl)cc1. The monoisotopic (exact) mass is 332 g/mol. The van der Waals surface area contributed by atoms with Crippen LogP contribution >= 0.6 is 23.2 Å². The van der Waals surface area contributed by atoms with Crippen LogP contribution in [0.3, 0.4) is 0 Å². The van der Waals surface area contributed by atoms with Crippen LogP contribution in [0.5, 0.6) is 0 Å². The molecule has 0 fully saturated rings. The maximum atomic E-state index is 10.9. The first-order valence-electron chi connectivity index (χ1n) is 6.40. The van der Waals surface area contributed by atoms with E-state index in [-0.39, 0.29) is 5.56 Å². The van der Waals surface area contributed by atoms with Crippen molar-refractivity contribution < 1.29 is 9.90 Å². The molecular formula is C16H10Cl2N2O2. The molecule has 22 heavy (non-hydrogen) atoms. The number of hydrogen-bond donors (Lipinski definition) is 2. The van der Waals surface area contributed by atoms with Gasteiger partial charge in [0.1, 0.15) is 16.7 Å². The lowest BCUT2D eigenvalue weighted by Crippen LogP contribution is -1.95. The molecule has 3 rings (SSSR count). The average molecular weight is 333 g/mol. The molecule has 0 bridgehead atoms. The zero-order valence-corrected chi connectivity index (χ0v) is 12.7. The van der Waals surface area contributed by atoms with Gasteiger partial charge in [-0.3, -0.25) is 0 Å². The molecule has 0 radical (unpaired) electrons. The lowest BCUT2D eigenvalue weighted by molar-refractivity contribution is 0.0697. The Morgan fingerprint density at radius 3 is 2.36 bits per heavy atom. The number of nitrogens with zero attached hydrogens (tertiary/aromatic N) is 1. The van der Waals surface area contributed by atoms with Crippen molar-refractivity contribution in [2.45, 2.75) is 0 Å². The minimum atomic E-state index is -0.976. The van der Waals surface area contributed by atoms with Gasteiger partial charge in [0.15, 0.2) is 0 Å². The van der Waals surface area contributed by atoms with Crippen LogP contribution in [0.1, 0.15) is 10.4 Å². The lowest BCUT2D eigenvalue weighted by atomic mass is 10.1. The van der Waals surface area contributed by atoms with Gasteiger partial charge < -0.3 is 10.1 Å². The topological polar surface area (TPSA) is 66.0 Å². The van der Waals surface area contributed by atoms with Gasteiger partial charge in [0.25, 0.3) is 0 Å². The molecule has 1 aromatic heterocycles. The van der Waals surface area contributed by atoms with Crippen LogP contribution in [0, 0.1) is 0 Å². The molecule has 0 saturated carbocycles. The van der Waals surface area contributed by atoms with Crippen LogP contribution in [0.25, 0.3) is 22.6 Å². The maximum absolute atomic E-state index is 10.9. The Hall–Kier alpha value is -2.30. The smallest absolute Gasteiger partial charge is 0.335 e. The molecule has 0 aliphatic carbocycles. The molecule has 0 amide bonds. The van der Waals surface area contributed by atoms with E-state index in [1.807, 2.05) is 18.2 Å². The lowest BCUT2D eigenvalue weighted by Gasteiger charge is -2.00. The summed E-state index contributed by atoms with van der Waals surface area (Å²) >= 11 is 12.4. The van der Waals surface area contributed by atoms with E-state index < -0.39 is 5.97 Å². The normalized spacial score (nSPS) is 10.6. The summed E-state index contributed by atoms with van der Waals surface area (Å²) in [6.45, 7) is 0. The van der Waals surface area contributed by atoms with Crippen molar-refractivity contribution in [2.75, 3.05) is 0 Å². The Kier molecular flexibility index (Phi) is 3.88. The first kappa shape index (κ1) is 14.6. The highest BCUT2D eigenvalue weighted by Crippen LogP contribution is 2.32. The summed E-state index contributed by atoms with van der Waals surface area (Å²) in [6, 6.07) is 13.7. The van der Waals surface area contributed by atoms with Crippen LogP contribution < -0.4 is 0 Å². The number of carboxylic acid groups (broad SMARTS) is 1. The van der Waals surface area contributed by atoms with E-state index >= 15 is 0 Å².